The lowest BCUT2D eigenvalue weighted by molar-refractivity contribution is -0.122. The van der Waals surface area contributed by atoms with Gasteiger partial charge in [-0.3, -0.25) is 4.79 Å². The molecule has 0 bridgehead atoms. The summed E-state index contributed by atoms with van der Waals surface area (Å²) in [5, 5.41) is 2.80. The third-order valence-corrected chi connectivity index (χ3v) is 3.70. The van der Waals surface area contributed by atoms with Crippen LogP contribution < -0.4 is 19.5 Å². The maximum absolute atomic E-state index is 13.0. The smallest absolute Gasteiger partial charge is 0.265 e. The topological polar surface area (TPSA) is 56.8 Å². The van der Waals surface area contributed by atoms with Gasteiger partial charge in [-0.15, -0.1) is 0 Å². The first-order valence-electron chi connectivity index (χ1n) is 8.57. The standard InChI is InChI=1S/C20H24FNO4/c1-4-5-12-25-19-11-10-17(24-3)13-18(19)22-20(23)14(2)26-16-8-6-15(21)7-9-16/h6-11,13-14H,4-5,12H2,1-3H3,(H,22,23). The highest BCUT2D eigenvalue weighted by molar-refractivity contribution is 5.95. The summed E-state index contributed by atoms with van der Waals surface area (Å²) in [5.41, 5.74) is 0.514. The highest BCUT2D eigenvalue weighted by atomic mass is 19.1. The van der Waals surface area contributed by atoms with Crippen LogP contribution in [0.5, 0.6) is 17.2 Å². The predicted octanol–water partition coefficient (Wildman–Crippen LogP) is 4.42. The SMILES string of the molecule is CCCCOc1ccc(OC)cc1NC(=O)C(C)Oc1ccc(F)cc1. The number of unbranched alkanes of at least 4 members (excludes halogenated alkanes) is 1. The lowest BCUT2D eigenvalue weighted by atomic mass is 10.2. The fourth-order valence-corrected chi connectivity index (χ4v) is 2.19. The minimum absolute atomic E-state index is 0.345. The molecule has 6 heteroatoms. The van der Waals surface area contributed by atoms with Crippen LogP contribution in [0.2, 0.25) is 0 Å². The highest BCUT2D eigenvalue weighted by Crippen LogP contribution is 2.29. The normalized spacial score (nSPS) is 11.5. The van der Waals surface area contributed by atoms with E-state index in [0.717, 1.165) is 12.8 Å². The Bertz CT molecular complexity index is 718. The Balaban J connectivity index is 2.06. The Morgan fingerprint density at radius 2 is 1.85 bits per heavy atom. The largest absolute Gasteiger partial charge is 0.497 e. The molecule has 0 aliphatic carbocycles. The summed E-state index contributed by atoms with van der Waals surface area (Å²) in [6.07, 6.45) is 1.17. The molecule has 1 atom stereocenters. The third-order valence-electron chi connectivity index (χ3n) is 3.70. The van der Waals surface area contributed by atoms with E-state index in [1.54, 1.807) is 32.2 Å². The average Bonchev–Trinajstić information content (AvgIpc) is 2.64. The van der Waals surface area contributed by atoms with Gasteiger partial charge in [-0.1, -0.05) is 13.3 Å². The Labute approximate surface area is 153 Å². The van der Waals surface area contributed by atoms with E-state index < -0.39 is 6.10 Å². The number of carbonyl (C=O) groups is 1. The van der Waals surface area contributed by atoms with E-state index in [4.69, 9.17) is 14.2 Å². The second kappa shape index (κ2) is 9.65. The van der Waals surface area contributed by atoms with Crippen molar-refractivity contribution < 1.29 is 23.4 Å². The fraction of sp³-hybridized carbons (Fsp3) is 0.350. The second-order valence-corrected chi connectivity index (χ2v) is 5.77. The van der Waals surface area contributed by atoms with Crippen molar-refractivity contribution in [3.8, 4) is 17.2 Å². The fourth-order valence-electron chi connectivity index (χ4n) is 2.19. The van der Waals surface area contributed by atoms with Gasteiger partial charge >= 0.3 is 0 Å². The minimum atomic E-state index is -0.768. The first kappa shape index (κ1) is 19.6. The zero-order valence-corrected chi connectivity index (χ0v) is 15.3. The Morgan fingerprint density at radius 1 is 1.15 bits per heavy atom. The Hall–Kier alpha value is -2.76. The van der Waals surface area contributed by atoms with Crippen molar-refractivity contribution in [2.75, 3.05) is 19.0 Å². The summed E-state index contributed by atoms with van der Waals surface area (Å²) in [4.78, 5) is 12.5. The summed E-state index contributed by atoms with van der Waals surface area (Å²) in [7, 11) is 1.55. The van der Waals surface area contributed by atoms with Crippen LogP contribution in [0.1, 0.15) is 26.7 Å². The third kappa shape index (κ3) is 5.65. The van der Waals surface area contributed by atoms with Crippen molar-refractivity contribution >= 4 is 11.6 Å². The molecule has 0 fully saturated rings. The van der Waals surface area contributed by atoms with Crippen molar-refractivity contribution in [1.82, 2.24) is 0 Å². The molecule has 0 spiro atoms. The van der Waals surface area contributed by atoms with Gasteiger partial charge in [-0.2, -0.15) is 0 Å². The van der Waals surface area contributed by atoms with E-state index in [-0.39, 0.29) is 11.7 Å². The summed E-state index contributed by atoms with van der Waals surface area (Å²) in [6.45, 7) is 4.26. The van der Waals surface area contributed by atoms with Gasteiger partial charge in [0.2, 0.25) is 0 Å². The first-order chi connectivity index (χ1) is 12.5. The van der Waals surface area contributed by atoms with Gasteiger partial charge in [0.25, 0.3) is 5.91 Å². The molecule has 2 aromatic rings. The lowest BCUT2D eigenvalue weighted by Gasteiger charge is -2.17. The van der Waals surface area contributed by atoms with Gasteiger partial charge in [0.1, 0.15) is 23.1 Å². The molecule has 0 heterocycles. The van der Waals surface area contributed by atoms with Crippen molar-refractivity contribution in [2.45, 2.75) is 32.8 Å². The van der Waals surface area contributed by atoms with Gasteiger partial charge < -0.3 is 19.5 Å². The predicted molar refractivity (Wildman–Crippen MR) is 98.5 cm³/mol. The number of ether oxygens (including phenoxy) is 3. The molecular formula is C20H24FNO4. The number of rotatable bonds is 9. The molecule has 0 aliphatic rings. The van der Waals surface area contributed by atoms with E-state index in [2.05, 4.69) is 12.2 Å². The maximum Gasteiger partial charge on any atom is 0.265 e. The Morgan fingerprint density at radius 3 is 2.50 bits per heavy atom. The number of nitrogens with one attached hydrogen (secondary N) is 1. The van der Waals surface area contributed by atoms with Crippen LogP contribution in [0.25, 0.3) is 0 Å². The molecule has 26 heavy (non-hydrogen) atoms. The molecule has 1 unspecified atom stereocenters. The van der Waals surface area contributed by atoms with Gasteiger partial charge in [0, 0.05) is 6.07 Å². The van der Waals surface area contributed by atoms with Crippen molar-refractivity contribution in [3.05, 3.63) is 48.3 Å². The van der Waals surface area contributed by atoms with Gasteiger partial charge in [-0.05, 0) is 49.7 Å². The molecule has 0 aromatic heterocycles. The molecule has 0 saturated heterocycles. The van der Waals surface area contributed by atoms with Gasteiger partial charge in [0.15, 0.2) is 6.10 Å². The zero-order valence-electron chi connectivity index (χ0n) is 15.3. The van der Waals surface area contributed by atoms with Crippen LogP contribution >= 0.6 is 0 Å². The summed E-state index contributed by atoms with van der Waals surface area (Å²) < 4.78 is 29.4. The number of hydrogen-bond acceptors (Lipinski definition) is 4. The van der Waals surface area contributed by atoms with E-state index >= 15 is 0 Å². The number of carbonyl (C=O) groups excluding carboxylic acids is 1. The molecule has 0 radical (unpaired) electrons. The molecular weight excluding hydrogens is 337 g/mol. The molecule has 2 rings (SSSR count). The Kier molecular flexibility index (Phi) is 7.26. The van der Waals surface area contributed by atoms with Crippen LogP contribution in [0, 0.1) is 5.82 Å². The number of amides is 1. The number of hydrogen-bond donors (Lipinski definition) is 1. The summed E-state index contributed by atoms with van der Waals surface area (Å²) in [5.74, 6) is 0.888. The van der Waals surface area contributed by atoms with E-state index in [9.17, 15) is 9.18 Å². The molecule has 1 amide bonds. The molecule has 0 saturated carbocycles. The van der Waals surface area contributed by atoms with Gasteiger partial charge in [-0.25, -0.2) is 4.39 Å². The molecule has 2 aromatic carbocycles. The van der Waals surface area contributed by atoms with E-state index in [1.807, 2.05) is 0 Å². The summed E-state index contributed by atoms with van der Waals surface area (Å²) in [6, 6.07) is 10.7. The second-order valence-electron chi connectivity index (χ2n) is 5.77. The monoisotopic (exact) mass is 361 g/mol. The van der Waals surface area contributed by atoms with E-state index in [0.29, 0.717) is 29.5 Å². The zero-order chi connectivity index (χ0) is 18.9. The van der Waals surface area contributed by atoms with Gasteiger partial charge in [0.05, 0.1) is 19.4 Å². The minimum Gasteiger partial charge on any atom is -0.497 e. The number of benzene rings is 2. The number of anilines is 1. The number of methoxy groups -OCH3 is 1. The van der Waals surface area contributed by atoms with Crippen molar-refractivity contribution in [1.29, 1.82) is 0 Å². The van der Waals surface area contributed by atoms with Crippen LogP contribution in [-0.4, -0.2) is 25.7 Å². The molecule has 0 aliphatic heterocycles. The van der Waals surface area contributed by atoms with Crippen molar-refractivity contribution in [2.24, 2.45) is 0 Å². The molecule has 5 nitrogen and oxygen atoms in total. The van der Waals surface area contributed by atoms with Crippen molar-refractivity contribution in [3.63, 3.8) is 0 Å². The van der Waals surface area contributed by atoms with Crippen LogP contribution in [-0.2, 0) is 4.79 Å². The molecule has 140 valence electrons. The van der Waals surface area contributed by atoms with Crippen LogP contribution in [0.4, 0.5) is 10.1 Å². The average molecular weight is 361 g/mol. The maximum atomic E-state index is 13.0. The molecule has 1 N–H and O–H groups in total. The van der Waals surface area contributed by atoms with Crippen LogP contribution in [0.15, 0.2) is 42.5 Å². The van der Waals surface area contributed by atoms with Crippen LogP contribution in [0.3, 0.4) is 0 Å². The summed E-state index contributed by atoms with van der Waals surface area (Å²) >= 11 is 0. The quantitative estimate of drug-likeness (QED) is 0.672. The number of halogens is 1. The highest BCUT2D eigenvalue weighted by Gasteiger charge is 2.17. The van der Waals surface area contributed by atoms with E-state index in [1.165, 1.54) is 24.3 Å². The lowest BCUT2D eigenvalue weighted by Crippen LogP contribution is -2.30. The first-order valence-corrected chi connectivity index (χ1v) is 8.57.